The van der Waals surface area contributed by atoms with Gasteiger partial charge in [0.2, 0.25) is 0 Å². The molecule has 3 heterocycles. The molecule has 8 nitrogen and oxygen atoms in total. The molecular formula is C26H29N5O3. The molecule has 1 atom stereocenters. The van der Waals surface area contributed by atoms with Crippen molar-refractivity contribution in [2.45, 2.75) is 19.4 Å². The molecule has 2 aromatic carbocycles. The number of morpholine rings is 1. The molecule has 1 aliphatic rings. The van der Waals surface area contributed by atoms with Crippen molar-refractivity contribution >= 4 is 22.4 Å². The summed E-state index contributed by atoms with van der Waals surface area (Å²) in [6.07, 6.45) is 2.24. The van der Waals surface area contributed by atoms with Gasteiger partial charge in [0, 0.05) is 25.0 Å². The van der Waals surface area contributed by atoms with Crippen molar-refractivity contribution in [2.24, 2.45) is 0 Å². The van der Waals surface area contributed by atoms with E-state index in [1.807, 2.05) is 43.3 Å². The van der Waals surface area contributed by atoms with E-state index in [0.29, 0.717) is 23.5 Å². The smallest absolute Gasteiger partial charge is 0.261 e. The van der Waals surface area contributed by atoms with E-state index in [1.54, 1.807) is 6.20 Å². The van der Waals surface area contributed by atoms with Gasteiger partial charge in [0.15, 0.2) is 0 Å². The number of nitrogens with zero attached hydrogens (tertiary/aromatic N) is 2. The number of aromatic nitrogens is 3. The van der Waals surface area contributed by atoms with Crippen molar-refractivity contribution in [3.63, 3.8) is 0 Å². The molecule has 0 radical (unpaired) electrons. The van der Waals surface area contributed by atoms with Crippen LogP contribution in [0, 0.1) is 6.92 Å². The number of ether oxygens (including phenoxy) is 1. The number of rotatable bonds is 7. The molecule has 34 heavy (non-hydrogen) atoms. The second-order valence-corrected chi connectivity index (χ2v) is 8.65. The number of aromatic amines is 2. The monoisotopic (exact) mass is 459 g/mol. The average molecular weight is 460 g/mol. The van der Waals surface area contributed by atoms with Crippen molar-refractivity contribution in [2.75, 3.05) is 43.1 Å². The maximum Gasteiger partial charge on any atom is 0.261 e. The van der Waals surface area contributed by atoms with Gasteiger partial charge in [-0.2, -0.15) is 0 Å². The summed E-state index contributed by atoms with van der Waals surface area (Å²) >= 11 is 0. The molecule has 1 saturated heterocycles. The molecule has 1 unspecified atom stereocenters. The molecule has 176 valence electrons. The summed E-state index contributed by atoms with van der Waals surface area (Å²) in [5.41, 5.74) is 5.80. The number of hydrogen-bond acceptors (Lipinski definition) is 6. The Hall–Kier alpha value is -3.62. The minimum absolute atomic E-state index is 0.0662. The molecule has 0 aliphatic carbocycles. The van der Waals surface area contributed by atoms with E-state index in [0.717, 1.165) is 54.2 Å². The largest absolute Gasteiger partial charge is 0.394 e. The molecule has 4 N–H and O–H groups in total. The summed E-state index contributed by atoms with van der Waals surface area (Å²) in [6.45, 7) is 5.10. The van der Waals surface area contributed by atoms with Gasteiger partial charge >= 0.3 is 0 Å². The summed E-state index contributed by atoms with van der Waals surface area (Å²) in [5, 5.41) is 13.4. The van der Waals surface area contributed by atoms with Crippen LogP contribution >= 0.6 is 0 Å². The number of fused-ring (bicyclic) bond motifs is 1. The quantitative estimate of drug-likeness (QED) is 0.338. The lowest BCUT2D eigenvalue weighted by Crippen LogP contribution is -2.36. The molecule has 8 heteroatoms. The molecular weight excluding hydrogens is 430 g/mol. The summed E-state index contributed by atoms with van der Waals surface area (Å²) in [4.78, 5) is 26.1. The standard InChI is InChI=1S/C26H29N5O3/c1-17-13-20(31-9-11-34-12-10-31)15-22-24(17)30-25(29-22)23-21(7-8-27-26(23)33)28-19(16-32)14-18-5-3-2-4-6-18/h2-8,13,15,19,32H,9-12,14,16H2,1H3,(H,29,30)(H2,27,28,33). The van der Waals surface area contributed by atoms with Gasteiger partial charge in [-0.05, 0) is 42.7 Å². The van der Waals surface area contributed by atoms with Crippen LogP contribution in [0.15, 0.2) is 59.5 Å². The number of aliphatic hydroxyl groups is 1. The second-order valence-electron chi connectivity index (χ2n) is 8.65. The minimum Gasteiger partial charge on any atom is -0.394 e. The summed E-state index contributed by atoms with van der Waals surface area (Å²) in [6, 6.07) is 15.7. The van der Waals surface area contributed by atoms with Gasteiger partial charge in [0.1, 0.15) is 11.4 Å². The zero-order valence-electron chi connectivity index (χ0n) is 19.2. The average Bonchev–Trinajstić information content (AvgIpc) is 3.29. The highest BCUT2D eigenvalue weighted by atomic mass is 16.5. The van der Waals surface area contributed by atoms with Gasteiger partial charge in [-0.15, -0.1) is 0 Å². The number of imidazole rings is 1. The first-order chi connectivity index (χ1) is 16.6. The van der Waals surface area contributed by atoms with Gasteiger partial charge in [-0.1, -0.05) is 30.3 Å². The number of pyridine rings is 1. The maximum atomic E-state index is 12.9. The number of aliphatic hydroxyl groups excluding tert-OH is 1. The number of nitrogens with one attached hydrogen (secondary N) is 3. The van der Waals surface area contributed by atoms with Crippen LogP contribution in [-0.4, -0.2) is 59.0 Å². The zero-order valence-corrected chi connectivity index (χ0v) is 19.2. The predicted molar refractivity (Wildman–Crippen MR) is 135 cm³/mol. The summed E-state index contributed by atoms with van der Waals surface area (Å²) in [5.74, 6) is 0.498. The predicted octanol–water partition coefficient (Wildman–Crippen LogP) is 3.08. The first-order valence-corrected chi connectivity index (χ1v) is 11.6. The van der Waals surface area contributed by atoms with Crippen LogP contribution in [0.5, 0.6) is 0 Å². The summed E-state index contributed by atoms with van der Waals surface area (Å²) in [7, 11) is 0. The van der Waals surface area contributed by atoms with Gasteiger partial charge in [0.05, 0.1) is 42.6 Å². The zero-order chi connectivity index (χ0) is 23.5. The second kappa shape index (κ2) is 9.70. The lowest BCUT2D eigenvalue weighted by Gasteiger charge is -2.29. The maximum absolute atomic E-state index is 12.9. The van der Waals surface area contributed by atoms with Crippen LogP contribution < -0.4 is 15.8 Å². The van der Waals surface area contributed by atoms with Crippen molar-refractivity contribution in [3.8, 4) is 11.4 Å². The van der Waals surface area contributed by atoms with Crippen molar-refractivity contribution in [1.82, 2.24) is 15.0 Å². The van der Waals surface area contributed by atoms with Crippen molar-refractivity contribution < 1.29 is 9.84 Å². The van der Waals surface area contributed by atoms with Crippen LogP contribution in [-0.2, 0) is 11.2 Å². The molecule has 4 aromatic rings. The lowest BCUT2D eigenvalue weighted by atomic mass is 10.1. The Morgan fingerprint density at radius 1 is 1.18 bits per heavy atom. The van der Waals surface area contributed by atoms with E-state index in [9.17, 15) is 9.90 Å². The Kier molecular flexibility index (Phi) is 6.33. The third kappa shape index (κ3) is 4.55. The molecule has 0 amide bonds. The number of aryl methyl sites for hydroxylation is 1. The molecule has 0 saturated carbocycles. The van der Waals surface area contributed by atoms with Crippen LogP contribution in [0.3, 0.4) is 0 Å². The van der Waals surface area contributed by atoms with Gasteiger partial charge in [-0.3, -0.25) is 4.79 Å². The summed E-state index contributed by atoms with van der Waals surface area (Å²) < 4.78 is 5.48. The van der Waals surface area contributed by atoms with Crippen molar-refractivity contribution in [3.05, 3.63) is 76.2 Å². The van der Waals surface area contributed by atoms with E-state index in [1.165, 1.54) is 0 Å². The molecule has 0 spiro atoms. The Morgan fingerprint density at radius 2 is 1.97 bits per heavy atom. The van der Waals surface area contributed by atoms with E-state index < -0.39 is 0 Å². The SMILES string of the molecule is Cc1cc(N2CCOCC2)cc2[nH]c(-c3c(NC(CO)Cc4ccccc4)cc[nH]c3=O)nc12. The fourth-order valence-corrected chi connectivity index (χ4v) is 4.51. The Balaban J connectivity index is 1.49. The van der Waals surface area contributed by atoms with E-state index in [-0.39, 0.29) is 18.2 Å². The van der Waals surface area contributed by atoms with Gasteiger partial charge in [0.25, 0.3) is 5.56 Å². The Bertz CT molecular complexity index is 1330. The number of hydrogen-bond donors (Lipinski definition) is 4. The third-order valence-electron chi connectivity index (χ3n) is 6.24. The normalized spacial score (nSPS) is 14.9. The van der Waals surface area contributed by atoms with E-state index >= 15 is 0 Å². The molecule has 2 aromatic heterocycles. The van der Waals surface area contributed by atoms with E-state index in [4.69, 9.17) is 9.72 Å². The Morgan fingerprint density at radius 3 is 2.74 bits per heavy atom. The lowest BCUT2D eigenvalue weighted by molar-refractivity contribution is 0.122. The highest BCUT2D eigenvalue weighted by Gasteiger charge is 2.19. The molecule has 1 aliphatic heterocycles. The van der Waals surface area contributed by atoms with Crippen molar-refractivity contribution in [1.29, 1.82) is 0 Å². The fourth-order valence-electron chi connectivity index (χ4n) is 4.51. The Labute approximate surface area is 197 Å². The first-order valence-electron chi connectivity index (χ1n) is 11.6. The number of benzene rings is 2. The van der Waals surface area contributed by atoms with Crippen LogP contribution in [0.25, 0.3) is 22.4 Å². The molecule has 0 bridgehead atoms. The van der Waals surface area contributed by atoms with Gasteiger partial charge in [-0.25, -0.2) is 4.98 Å². The highest BCUT2D eigenvalue weighted by Crippen LogP contribution is 2.29. The third-order valence-corrected chi connectivity index (χ3v) is 6.24. The topological polar surface area (TPSA) is 106 Å². The van der Waals surface area contributed by atoms with Crippen LogP contribution in [0.1, 0.15) is 11.1 Å². The van der Waals surface area contributed by atoms with E-state index in [2.05, 4.69) is 32.3 Å². The van der Waals surface area contributed by atoms with Crippen LogP contribution in [0.2, 0.25) is 0 Å². The minimum atomic E-state index is -0.248. The van der Waals surface area contributed by atoms with Gasteiger partial charge < -0.3 is 30.0 Å². The van der Waals surface area contributed by atoms with Crippen LogP contribution in [0.4, 0.5) is 11.4 Å². The highest BCUT2D eigenvalue weighted by molar-refractivity contribution is 5.87. The molecule has 5 rings (SSSR count). The number of H-pyrrole nitrogens is 2. The molecule has 1 fully saturated rings. The fraction of sp³-hybridized carbons (Fsp3) is 0.308. The number of anilines is 2. The first kappa shape index (κ1) is 22.2.